The molecule has 1 N–H and O–H groups in total. The fourth-order valence-corrected chi connectivity index (χ4v) is 3.05. The van der Waals surface area contributed by atoms with Crippen LogP contribution in [0.4, 0.5) is 13.2 Å². The first-order valence-electron chi connectivity index (χ1n) is 9.05. The van der Waals surface area contributed by atoms with E-state index in [1.54, 1.807) is 31.3 Å². The van der Waals surface area contributed by atoms with Gasteiger partial charge in [0.05, 0.1) is 12.7 Å². The van der Waals surface area contributed by atoms with Crippen LogP contribution in [-0.2, 0) is 29.6 Å². The lowest BCUT2D eigenvalue weighted by atomic mass is 9.97. The molecule has 1 atom stereocenters. The summed E-state index contributed by atoms with van der Waals surface area (Å²) in [6.07, 6.45) is -2.52. The lowest BCUT2D eigenvalue weighted by Crippen LogP contribution is -2.43. The number of amides is 1. The molecular formula is C18H22F3N5O5. The first kappa shape index (κ1) is 24.1. The number of aromatic nitrogens is 3. The SMILES string of the molecule is CC(=O)c1cc(CN2CCc3c(cnn3C)C2C(=O)N(C)C)on1.O=C(O)C(F)(F)F. The Morgan fingerprint density at radius 1 is 1.32 bits per heavy atom. The molecular weight excluding hydrogens is 423 g/mol. The average molecular weight is 445 g/mol. The topological polar surface area (TPSA) is 122 Å². The fourth-order valence-electron chi connectivity index (χ4n) is 3.05. The summed E-state index contributed by atoms with van der Waals surface area (Å²) < 4.78 is 38.8. The van der Waals surface area contributed by atoms with Crippen LogP contribution in [0.25, 0.3) is 0 Å². The second-order valence-corrected chi connectivity index (χ2v) is 7.06. The van der Waals surface area contributed by atoms with Crippen molar-refractivity contribution in [2.45, 2.75) is 32.1 Å². The van der Waals surface area contributed by atoms with Gasteiger partial charge in [-0.3, -0.25) is 19.2 Å². The van der Waals surface area contributed by atoms with Gasteiger partial charge in [-0.2, -0.15) is 18.3 Å². The largest absolute Gasteiger partial charge is 0.490 e. The minimum Gasteiger partial charge on any atom is -0.475 e. The number of carboxylic acid groups (broad SMARTS) is 1. The van der Waals surface area contributed by atoms with Gasteiger partial charge in [0.1, 0.15) is 11.7 Å². The van der Waals surface area contributed by atoms with Gasteiger partial charge in [-0.1, -0.05) is 5.16 Å². The molecule has 1 aliphatic heterocycles. The zero-order valence-electron chi connectivity index (χ0n) is 17.3. The maximum absolute atomic E-state index is 12.7. The van der Waals surface area contributed by atoms with E-state index in [1.807, 2.05) is 16.6 Å². The van der Waals surface area contributed by atoms with Gasteiger partial charge in [-0.05, 0) is 0 Å². The molecule has 170 valence electrons. The second-order valence-electron chi connectivity index (χ2n) is 7.06. The number of nitrogens with zero attached hydrogens (tertiary/aromatic N) is 5. The van der Waals surface area contributed by atoms with Crippen molar-refractivity contribution in [3.63, 3.8) is 0 Å². The van der Waals surface area contributed by atoms with E-state index in [4.69, 9.17) is 14.4 Å². The van der Waals surface area contributed by atoms with E-state index in [-0.39, 0.29) is 11.7 Å². The number of fused-ring (bicyclic) bond motifs is 1. The minimum atomic E-state index is -5.08. The molecule has 13 heteroatoms. The molecule has 0 spiro atoms. The van der Waals surface area contributed by atoms with Crippen molar-refractivity contribution in [3.05, 3.63) is 35.0 Å². The van der Waals surface area contributed by atoms with Gasteiger partial charge in [-0.25, -0.2) is 4.79 Å². The van der Waals surface area contributed by atoms with Crippen LogP contribution in [0.1, 0.15) is 40.5 Å². The molecule has 0 aromatic carbocycles. The number of hydrogen-bond acceptors (Lipinski definition) is 7. The van der Waals surface area contributed by atoms with Crippen molar-refractivity contribution in [1.82, 2.24) is 24.7 Å². The number of carbonyl (C=O) groups excluding carboxylic acids is 2. The van der Waals surface area contributed by atoms with Crippen LogP contribution in [0, 0.1) is 0 Å². The molecule has 1 unspecified atom stereocenters. The Balaban J connectivity index is 0.000000423. The van der Waals surface area contributed by atoms with E-state index in [1.165, 1.54) is 6.92 Å². The van der Waals surface area contributed by atoms with Crippen LogP contribution >= 0.6 is 0 Å². The summed E-state index contributed by atoms with van der Waals surface area (Å²) in [6.45, 7) is 2.56. The van der Waals surface area contributed by atoms with Gasteiger partial charge >= 0.3 is 12.1 Å². The number of Topliss-reactive ketones (excluding diaryl/α,β-unsaturated/α-hetero) is 1. The molecule has 1 amide bonds. The average Bonchev–Trinajstić information content (AvgIpc) is 3.28. The number of aryl methyl sites for hydroxylation is 1. The van der Waals surface area contributed by atoms with E-state index in [0.29, 0.717) is 24.5 Å². The van der Waals surface area contributed by atoms with Crippen molar-refractivity contribution in [2.24, 2.45) is 7.05 Å². The number of halogens is 3. The number of likely N-dealkylation sites (N-methyl/N-ethyl adjacent to an activating group) is 1. The number of ketones is 1. The zero-order chi connectivity index (χ0) is 23.5. The molecule has 0 radical (unpaired) electrons. The van der Waals surface area contributed by atoms with Crippen LogP contribution in [0.2, 0.25) is 0 Å². The number of aliphatic carboxylic acids is 1. The van der Waals surface area contributed by atoms with Crippen molar-refractivity contribution >= 4 is 17.7 Å². The Bertz CT molecular complexity index is 966. The molecule has 3 heterocycles. The summed E-state index contributed by atoms with van der Waals surface area (Å²) >= 11 is 0. The van der Waals surface area contributed by atoms with Crippen LogP contribution < -0.4 is 0 Å². The molecule has 0 fully saturated rings. The molecule has 1 aliphatic rings. The Kier molecular flexibility index (Phi) is 7.21. The molecule has 2 aromatic heterocycles. The number of alkyl halides is 3. The van der Waals surface area contributed by atoms with E-state index < -0.39 is 18.2 Å². The van der Waals surface area contributed by atoms with Gasteiger partial charge in [-0.15, -0.1) is 0 Å². The van der Waals surface area contributed by atoms with Crippen molar-refractivity contribution in [2.75, 3.05) is 20.6 Å². The first-order chi connectivity index (χ1) is 14.3. The highest BCUT2D eigenvalue weighted by Crippen LogP contribution is 2.32. The summed E-state index contributed by atoms with van der Waals surface area (Å²) in [5.74, 6) is -2.33. The molecule has 31 heavy (non-hydrogen) atoms. The maximum Gasteiger partial charge on any atom is 0.490 e. The van der Waals surface area contributed by atoms with Gasteiger partial charge in [0.25, 0.3) is 0 Å². The molecule has 0 bridgehead atoms. The summed E-state index contributed by atoms with van der Waals surface area (Å²) in [5.41, 5.74) is 2.31. The van der Waals surface area contributed by atoms with E-state index in [2.05, 4.69) is 10.3 Å². The smallest absolute Gasteiger partial charge is 0.475 e. The van der Waals surface area contributed by atoms with Crippen LogP contribution in [0.15, 0.2) is 16.8 Å². The highest BCUT2D eigenvalue weighted by molar-refractivity contribution is 5.91. The molecule has 0 saturated carbocycles. The number of hydrogen-bond donors (Lipinski definition) is 1. The third-order valence-electron chi connectivity index (χ3n) is 4.59. The van der Waals surface area contributed by atoms with Crippen LogP contribution in [-0.4, -0.2) is 74.3 Å². The number of carboxylic acids is 1. The van der Waals surface area contributed by atoms with E-state index >= 15 is 0 Å². The highest BCUT2D eigenvalue weighted by atomic mass is 19.4. The van der Waals surface area contributed by atoms with Gasteiger partial charge in [0.2, 0.25) is 5.91 Å². The van der Waals surface area contributed by atoms with Crippen molar-refractivity contribution in [1.29, 1.82) is 0 Å². The Morgan fingerprint density at radius 3 is 2.42 bits per heavy atom. The van der Waals surface area contributed by atoms with E-state index in [0.717, 1.165) is 17.7 Å². The quantitative estimate of drug-likeness (QED) is 0.702. The Labute approximate surface area is 175 Å². The van der Waals surface area contributed by atoms with Crippen LogP contribution in [0.3, 0.4) is 0 Å². The molecule has 10 nitrogen and oxygen atoms in total. The monoisotopic (exact) mass is 445 g/mol. The lowest BCUT2D eigenvalue weighted by Gasteiger charge is -2.35. The molecule has 3 rings (SSSR count). The van der Waals surface area contributed by atoms with Crippen molar-refractivity contribution in [3.8, 4) is 0 Å². The molecule has 0 saturated heterocycles. The van der Waals surface area contributed by atoms with Gasteiger partial charge < -0.3 is 14.5 Å². The Hall–Kier alpha value is -3.22. The standard InChI is InChI=1S/C16H21N5O3.C2HF3O2/c1-10(22)13-7-11(24-18-13)9-21-6-5-14-12(8-17-20(14)4)15(21)16(23)19(2)3;3-2(4,5)1(6)7/h7-8,15H,5-6,9H2,1-4H3;(H,6,7). The lowest BCUT2D eigenvalue weighted by molar-refractivity contribution is -0.192. The third kappa shape index (κ3) is 5.69. The first-order valence-corrected chi connectivity index (χ1v) is 9.05. The normalized spacial score (nSPS) is 16.2. The van der Waals surface area contributed by atoms with Crippen LogP contribution in [0.5, 0.6) is 0 Å². The second kappa shape index (κ2) is 9.29. The summed E-state index contributed by atoms with van der Waals surface area (Å²) in [6, 6.07) is 1.22. The Morgan fingerprint density at radius 2 is 1.94 bits per heavy atom. The minimum absolute atomic E-state index is 0.00439. The highest BCUT2D eigenvalue weighted by Gasteiger charge is 2.38. The van der Waals surface area contributed by atoms with Crippen molar-refractivity contribution < 1.29 is 37.2 Å². The fraction of sp³-hybridized carbons (Fsp3) is 0.500. The number of rotatable bonds is 4. The third-order valence-corrected chi connectivity index (χ3v) is 4.59. The predicted molar refractivity (Wildman–Crippen MR) is 99.0 cm³/mol. The van der Waals surface area contributed by atoms with Gasteiger partial charge in [0.15, 0.2) is 11.5 Å². The van der Waals surface area contributed by atoms with Gasteiger partial charge in [0, 0.05) is 58.4 Å². The summed E-state index contributed by atoms with van der Waals surface area (Å²) in [4.78, 5) is 36.6. The predicted octanol–water partition coefficient (Wildman–Crippen LogP) is 1.43. The zero-order valence-corrected chi connectivity index (χ0v) is 17.3. The van der Waals surface area contributed by atoms with E-state index in [9.17, 15) is 22.8 Å². The summed E-state index contributed by atoms with van der Waals surface area (Å²) in [5, 5.41) is 15.2. The molecule has 0 aliphatic carbocycles. The number of carbonyl (C=O) groups is 3. The summed E-state index contributed by atoms with van der Waals surface area (Å²) in [7, 11) is 5.38. The molecule has 2 aromatic rings. The maximum atomic E-state index is 12.7.